The van der Waals surface area contributed by atoms with E-state index in [1.165, 1.54) is 24.3 Å². The maximum absolute atomic E-state index is 13.1. The summed E-state index contributed by atoms with van der Waals surface area (Å²) in [6.45, 7) is 1.89. The highest BCUT2D eigenvalue weighted by molar-refractivity contribution is 6.00. The summed E-state index contributed by atoms with van der Waals surface area (Å²) in [4.78, 5) is 23.7. The maximum Gasteiger partial charge on any atom is 0.257 e. The van der Waals surface area contributed by atoms with E-state index in [0.29, 0.717) is 28.1 Å². The first-order valence-electron chi connectivity index (χ1n) is 7.85. The van der Waals surface area contributed by atoms with Gasteiger partial charge in [-0.15, -0.1) is 0 Å². The molecule has 1 aromatic heterocycles. The molecule has 0 aliphatic heterocycles. The van der Waals surface area contributed by atoms with Gasteiger partial charge in [-0.3, -0.25) is 9.59 Å². The van der Waals surface area contributed by atoms with Gasteiger partial charge in [0.25, 0.3) is 5.91 Å². The summed E-state index contributed by atoms with van der Waals surface area (Å²) in [5, 5.41) is 6.70. The molecule has 3 N–H and O–H groups in total. The zero-order valence-corrected chi connectivity index (χ0v) is 14.0. The number of rotatable bonds is 5. The average Bonchev–Trinajstić information content (AvgIpc) is 3.02. The third-order valence-electron chi connectivity index (χ3n) is 3.90. The monoisotopic (exact) mass is 353 g/mol. The van der Waals surface area contributed by atoms with Gasteiger partial charge in [0, 0.05) is 17.7 Å². The van der Waals surface area contributed by atoms with Crippen molar-refractivity contribution in [2.24, 2.45) is 5.73 Å². The summed E-state index contributed by atoms with van der Waals surface area (Å²) in [6.07, 6.45) is 0. The summed E-state index contributed by atoms with van der Waals surface area (Å²) < 4.78 is 18.2. The molecule has 3 rings (SSSR count). The second kappa shape index (κ2) is 7.18. The quantitative estimate of drug-likeness (QED) is 0.737. The van der Waals surface area contributed by atoms with E-state index in [1.807, 2.05) is 0 Å². The molecule has 3 aromatic rings. The average molecular weight is 353 g/mol. The van der Waals surface area contributed by atoms with Crippen LogP contribution in [0.25, 0.3) is 11.3 Å². The van der Waals surface area contributed by atoms with Crippen molar-refractivity contribution in [3.63, 3.8) is 0 Å². The number of hydrogen-bond donors (Lipinski definition) is 2. The molecule has 0 bridgehead atoms. The van der Waals surface area contributed by atoms with Crippen LogP contribution in [-0.2, 0) is 6.54 Å². The minimum atomic E-state index is -0.510. The van der Waals surface area contributed by atoms with E-state index in [9.17, 15) is 14.0 Å². The number of aromatic nitrogens is 1. The van der Waals surface area contributed by atoms with Crippen molar-refractivity contribution < 1.29 is 18.5 Å². The Balaban J connectivity index is 1.77. The van der Waals surface area contributed by atoms with Crippen molar-refractivity contribution in [1.29, 1.82) is 0 Å². The lowest BCUT2D eigenvalue weighted by molar-refractivity contribution is 0.0948. The van der Waals surface area contributed by atoms with E-state index < -0.39 is 5.91 Å². The molecule has 0 saturated carbocycles. The summed E-state index contributed by atoms with van der Waals surface area (Å²) in [7, 11) is 0. The number of benzene rings is 2. The van der Waals surface area contributed by atoms with Gasteiger partial charge in [0.1, 0.15) is 22.8 Å². The summed E-state index contributed by atoms with van der Waals surface area (Å²) in [6, 6.07) is 12.3. The number of hydrogen-bond acceptors (Lipinski definition) is 4. The first-order chi connectivity index (χ1) is 12.5. The molecule has 0 spiro atoms. The van der Waals surface area contributed by atoms with Gasteiger partial charge in [-0.25, -0.2) is 4.39 Å². The largest absolute Gasteiger partial charge is 0.366 e. The lowest BCUT2D eigenvalue weighted by Gasteiger charge is -2.07. The molecule has 6 nitrogen and oxygen atoms in total. The summed E-state index contributed by atoms with van der Waals surface area (Å²) >= 11 is 0. The van der Waals surface area contributed by atoms with Crippen LogP contribution in [0.2, 0.25) is 0 Å². The van der Waals surface area contributed by atoms with Crippen LogP contribution in [-0.4, -0.2) is 17.0 Å². The highest BCUT2D eigenvalue weighted by atomic mass is 19.1. The Morgan fingerprint density at radius 3 is 2.38 bits per heavy atom. The van der Waals surface area contributed by atoms with E-state index >= 15 is 0 Å². The fourth-order valence-corrected chi connectivity index (χ4v) is 2.50. The predicted molar refractivity (Wildman–Crippen MR) is 92.8 cm³/mol. The van der Waals surface area contributed by atoms with Crippen molar-refractivity contribution in [2.75, 3.05) is 0 Å². The van der Waals surface area contributed by atoms with Crippen LogP contribution in [0, 0.1) is 12.7 Å². The smallest absolute Gasteiger partial charge is 0.257 e. The number of carbonyl (C=O) groups excluding carboxylic acids is 2. The molecule has 132 valence electrons. The van der Waals surface area contributed by atoms with E-state index in [2.05, 4.69) is 10.5 Å². The molecule has 0 aliphatic carbocycles. The third kappa shape index (κ3) is 3.61. The SMILES string of the molecule is Cc1onc(-c2ccc(F)cc2)c1C(=O)NCc1ccc(C(N)=O)cc1. The Bertz CT molecular complexity index is 947. The van der Waals surface area contributed by atoms with Gasteiger partial charge < -0.3 is 15.6 Å². The molecular weight excluding hydrogens is 337 g/mol. The molecule has 1 heterocycles. The Hall–Kier alpha value is -3.48. The first kappa shape index (κ1) is 17.3. The van der Waals surface area contributed by atoms with Crippen LogP contribution in [0.4, 0.5) is 4.39 Å². The molecule has 0 atom stereocenters. The van der Waals surface area contributed by atoms with E-state index in [1.54, 1.807) is 31.2 Å². The Labute approximate surface area is 148 Å². The fourth-order valence-electron chi connectivity index (χ4n) is 2.50. The van der Waals surface area contributed by atoms with E-state index in [0.717, 1.165) is 5.56 Å². The molecule has 0 saturated heterocycles. The van der Waals surface area contributed by atoms with Crippen molar-refractivity contribution in [1.82, 2.24) is 10.5 Å². The van der Waals surface area contributed by atoms with Gasteiger partial charge in [-0.05, 0) is 48.9 Å². The Kier molecular flexibility index (Phi) is 4.79. The van der Waals surface area contributed by atoms with Crippen LogP contribution in [0.1, 0.15) is 32.0 Å². The van der Waals surface area contributed by atoms with Crippen LogP contribution in [0.15, 0.2) is 53.1 Å². The van der Waals surface area contributed by atoms with E-state index in [4.69, 9.17) is 10.3 Å². The molecule has 0 aliphatic rings. The number of primary amides is 1. The Morgan fingerprint density at radius 2 is 1.77 bits per heavy atom. The van der Waals surface area contributed by atoms with Crippen LogP contribution in [0.5, 0.6) is 0 Å². The zero-order chi connectivity index (χ0) is 18.7. The minimum Gasteiger partial charge on any atom is -0.366 e. The van der Waals surface area contributed by atoms with Gasteiger partial charge in [-0.2, -0.15) is 0 Å². The molecular formula is C19H16FN3O3. The summed E-state index contributed by atoms with van der Waals surface area (Å²) in [5.41, 5.74) is 7.63. The molecule has 0 fully saturated rings. The topological polar surface area (TPSA) is 98.2 Å². The number of halogens is 1. The normalized spacial score (nSPS) is 10.5. The van der Waals surface area contributed by atoms with E-state index in [-0.39, 0.29) is 18.3 Å². The number of aryl methyl sites for hydroxylation is 1. The maximum atomic E-state index is 13.1. The molecule has 26 heavy (non-hydrogen) atoms. The van der Waals surface area contributed by atoms with Crippen LogP contribution in [0.3, 0.4) is 0 Å². The standard InChI is InChI=1S/C19H16FN3O3/c1-11-16(17(23-26-11)13-6-8-15(20)9-7-13)19(25)22-10-12-2-4-14(5-3-12)18(21)24/h2-9H,10H2,1H3,(H2,21,24)(H,22,25). The van der Waals surface area contributed by atoms with Gasteiger partial charge >= 0.3 is 0 Å². The number of carbonyl (C=O) groups is 2. The second-order valence-corrected chi connectivity index (χ2v) is 5.71. The Morgan fingerprint density at radius 1 is 1.12 bits per heavy atom. The minimum absolute atomic E-state index is 0.255. The third-order valence-corrected chi connectivity index (χ3v) is 3.90. The second-order valence-electron chi connectivity index (χ2n) is 5.71. The lowest BCUT2D eigenvalue weighted by Crippen LogP contribution is -2.23. The molecule has 7 heteroatoms. The highest BCUT2D eigenvalue weighted by Crippen LogP contribution is 2.25. The van der Waals surface area contributed by atoms with Gasteiger partial charge in [-0.1, -0.05) is 17.3 Å². The summed E-state index contributed by atoms with van der Waals surface area (Å²) in [5.74, 6) is -0.878. The zero-order valence-electron chi connectivity index (χ0n) is 14.0. The van der Waals surface area contributed by atoms with Crippen molar-refractivity contribution in [2.45, 2.75) is 13.5 Å². The van der Waals surface area contributed by atoms with Crippen molar-refractivity contribution >= 4 is 11.8 Å². The first-order valence-corrected chi connectivity index (χ1v) is 7.85. The molecule has 0 unspecified atom stereocenters. The number of amides is 2. The molecule has 0 radical (unpaired) electrons. The molecule has 2 amide bonds. The fraction of sp³-hybridized carbons (Fsp3) is 0.105. The number of nitrogens with zero attached hydrogens (tertiary/aromatic N) is 1. The van der Waals surface area contributed by atoms with Gasteiger partial charge in [0.15, 0.2) is 0 Å². The van der Waals surface area contributed by atoms with Crippen LogP contribution < -0.4 is 11.1 Å². The molecule has 2 aromatic carbocycles. The highest BCUT2D eigenvalue weighted by Gasteiger charge is 2.21. The number of nitrogens with one attached hydrogen (secondary N) is 1. The number of nitrogens with two attached hydrogens (primary N) is 1. The van der Waals surface area contributed by atoms with Crippen molar-refractivity contribution in [3.8, 4) is 11.3 Å². The van der Waals surface area contributed by atoms with Gasteiger partial charge in [0.05, 0.1) is 0 Å². The predicted octanol–water partition coefficient (Wildman–Crippen LogP) is 2.82. The van der Waals surface area contributed by atoms with Crippen molar-refractivity contribution in [3.05, 3.63) is 76.8 Å². The van der Waals surface area contributed by atoms with Crippen LogP contribution >= 0.6 is 0 Å². The van der Waals surface area contributed by atoms with Gasteiger partial charge in [0.2, 0.25) is 5.91 Å². The lowest BCUT2D eigenvalue weighted by atomic mass is 10.1.